The van der Waals surface area contributed by atoms with E-state index >= 15 is 0 Å². The third-order valence-electron chi connectivity index (χ3n) is 5.84. The molecule has 0 saturated carbocycles. The lowest BCUT2D eigenvalue weighted by Crippen LogP contribution is -2.49. The van der Waals surface area contributed by atoms with E-state index in [1.165, 1.54) is 23.3 Å². The van der Waals surface area contributed by atoms with Crippen LogP contribution in [0.5, 0.6) is 0 Å². The van der Waals surface area contributed by atoms with E-state index in [4.69, 9.17) is 4.74 Å². The number of β-amino-alcohol motifs (C(OH)–C–C–N with tert-alkyl or cyclic N) is 1. The molecule has 2 aromatic carbocycles. The molecule has 2 aromatic rings. The summed E-state index contributed by atoms with van der Waals surface area (Å²) in [6, 6.07) is 15.2. The zero-order chi connectivity index (χ0) is 19.3. The molecule has 2 atom stereocenters. The molecule has 4 rings (SSSR count). The van der Waals surface area contributed by atoms with Crippen LogP contribution in [0, 0.1) is 5.82 Å². The Bertz CT molecular complexity index is 759. The van der Waals surface area contributed by atoms with E-state index in [1.54, 1.807) is 0 Å². The van der Waals surface area contributed by atoms with Crippen molar-refractivity contribution in [3.63, 3.8) is 0 Å². The minimum atomic E-state index is -0.480. The van der Waals surface area contributed by atoms with Crippen LogP contribution in [0.2, 0.25) is 0 Å². The van der Waals surface area contributed by atoms with Gasteiger partial charge in [0, 0.05) is 38.4 Å². The molecule has 0 radical (unpaired) electrons. The Hall–Kier alpha value is -1.95. The second kappa shape index (κ2) is 9.03. The third kappa shape index (κ3) is 4.72. The maximum Gasteiger partial charge on any atom is 0.123 e. The number of ether oxygens (including phenoxy) is 1. The van der Waals surface area contributed by atoms with Crippen molar-refractivity contribution >= 4 is 5.69 Å². The molecule has 28 heavy (non-hydrogen) atoms. The van der Waals surface area contributed by atoms with Gasteiger partial charge in [0.1, 0.15) is 5.82 Å². The second-order valence-electron chi connectivity index (χ2n) is 7.83. The van der Waals surface area contributed by atoms with Gasteiger partial charge in [-0.15, -0.1) is 0 Å². The van der Waals surface area contributed by atoms with E-state index in [0.29, 0.717) is 13.2 Å². The zero-order valence-electron chi connectivity index (χ0n) is 16.3. The van der Waals surface area contributed by atoms with Crippen molar-refractivity contribution < 1.29 is 14.2 Å². The Balaban J connectivity index is 1.22. The van der Waals surface area contributed by atoms with E-state index in [-0.39, 0.29) is 11.9 Å². The number of hydrogen-bond donors (Lipinski definition) is 1. The van der Waals surface area contributed by atoms with Gasteiger partial charge in [0.05, 0.1) is 18.8 Å². The highest BCUT2D eigenvalue weighted by atomic mass is 19.1. The highest BCUT2D eigenvalue weighted by Crippen LogP contribution is 2.32. The van der Waals surface area contributed by atoms with Crippen molar-refractivity contribution in [3.8, 4) is 0 Å². The average molecular weight is 384 g/mol. The van der Waals surface area contributed by atoms with Gasteiger partial charge in [-0.2, -0.15) is 0 Å². The average Bonchev–Trinajstić information content (AvgIpc) is 2.73. The minimum absolute atomic E-state index is 0.106. The van der Waals surface area contributed by atoms with E-state index < -0.39 is 6.10 Å². The molecule has 0 unspecified atom stereocenters. The summed E-state index contributed by atoms with van der Waals surface area (Å²) in [5.74, 6) is -0.203. The summed E-state index contributed by atoms with van der Waals surface area (Å²) < 4.78 is 19.2. The number of hydrogen-bond acceptors (Lipinski definition) is 4. The number of halogens is 1. The first kappa shape index (κ1) is 19.4. The predicted molar refractivity (Wildman–Crippen MR) is 109 cm³/mol. The standard InChI is InChI=1S/C23H29FN2O2/c24-19-8-10-20(11-9-19)26-14-12-25(13-15-26)16-21(27)17-28-23-7-3-5-18-4-1-2-6-22(18)23/h1-2,4,6,8-11,21,23,27H,3,5,7,12-17H2/t21-,23+/m1/s1. The number of nitrogens with zero attached hydrogens (tertiary/aromatic N) is 2. The molecule has 1 aliphatic carbocycles. The normalized spacial score (nSPS) is 21.4. The minimum Gasteiger partial charge on any atom is -0.389 e. The number of aryl methyl sites for hydroxylation is 1. The predicted octanol–water partition coefficient (Wildman–Crippen LogP) is 3.40. The molecule has 0 amide bonds. The van der Waals surface area contributed by atoms with Gasteiger partial charge in [-0.25, -0.2) is 4.39 Å². The van der Waals surface area contributed by atoms with Crippen LogP contribution < -0.4 is 4.90 Å². The van der Waals surface area contributed by atoms with Crippen molar-refractivity contribution in [2.45, 2.75) is 31.5 Å². The Morgan fingerprint density at radius 3 is 2.57 bits per heavy atom. The number of piperazine rings is 1. The number of aliphatic hydroxyl groups excluding tert-OH is 1. The lowest BCUT2D eigenvalue weighted by molar-refractivity contribution is -0.0285. The van der Waals surface area contributed by atoms with Crippen molar-refractivity contribution in [1.29, 1.82) is 0 Å². The highest BCUT2D eigenvalue weighted by Gasteiger charge is 2.23. The van der Waals surface area contributed by atoms with Crippen LogP contribution in [0.1, 0.15) is 30.1 Å². The molecular formula is C23H29FN2O2. The van der Waals surface area contributed by atoms with Crippen molar-refractivity contribution in [2.24, 2.45) is 0 Å². The third-order valence-corrected chi connectivity index (χ3v) is 5.84. The lowest BCUT2D eigenvalue weighted by Gasteiger charge is -2.37. The zero-order valence-corrected chi connectivity index (χ0v) is 16.3. The van der Waals surface area contributed by atoms with E-state index in [1.807, 2.05) is 12.1 Å². The van der Waals surface area contributed by atoms with Crippen LogP contribution in [0.4, 0.5) is 10.1 Å². The van der Waals surface area contributed by atoms with Gasteiger partial charge < -0.3 is 14.7 Å². The summed E-state index contributed by atoms with van der Waals surface area (Å²) in [6.45, 7) is 4.55. The molecule has 2 aliphatic rings. The Labute approximate surface area is 166 Å². The van der Waals surface area contributed by atoms with Crippen LogP contribution in [-0.2, 0) is 11.2 Å². The summed E-state index contributed by atoms with van der Waals surface area (Å²) >= 11 is 0. The summed E-state index contributed by atoms with van der Waals surface area (Å²) in [5, 5.41) is 10.5. The second-order valence-corrected chi connectivity index (χ2v) is 7.83. The van der Waals surface area contributed by atoms with Gasteiger partial charge in [0.25, 0.3) is 0 Å². The number of aliphatic hydroxyl groups is 1. The van der Waals surface area contributed by atoms with Gasteiger partial charge >= 0.3 is 0 Å². The smallest absolute Gasteiger partial charge is 0.123 e. The van der Waals surface area contributed by atoms with Crippen LogP contribution in [0.3, 0.4) is 0 Å². The largest absolute Gasteiger partial charge is 0.389 e. The first-order valence-corrected chi connectivity index (χ1v) is 10.3. The molecule has 0 spiro atoms. The Kier molecular flexibility index (Phi) is 6.25. The van der Waals surface area contributed by atoms with Crippen LogP contribution >= 0.6 is 0 Å². The Morgan fingerprint density at radius 1 is 1.04 bits per heavy atom. The summed E-state index contributed by atoms with van der Waals surface area (Å²) in [4.78, 5) is 4.54. The molecule has 1 saturated heterocycles. The van der Waals surface area contributed by atoms with Gasteiger partial charge in [-0.1, -0.05) is 24.3 Å². The molecule has 0 aromatic heterocycles. The number of rotatable bonds is 6. The van der Waals surface area contributed by atoms with E-state index in [0.717, 1.165) is 51.1 Å². The van der Waals surface area contributed by atoms with Crippen LogP contribution in [-0.4, -0.2) is 55.4 Å². The van der Waals surface area contributed by atoms with Crippen LogP contribution in [0.15, 0.2) is 48.5 Å². The fourth-order valence-electron chi connectivity index (χ4n) is 4.30. The van der Waals surface area contributed by atoms with Gasteiger partial charge in [0.2, 0.25) is 0 Å². The summed E-state index contributed by atoms with van der Waals surface area (Å²) in [6.07, 6.45) is 2.92. The number of fused-ring (bicyclic) bond motifs is 1. The van der Waals surface area contributed by atoms with Crippen molar-refractivity contribution in [1.82, 2.24) is 4.90 Å². The fourth-order valence-corrected chi connectivity index (χ4v) is 4.30. The van der Waals surface area contributed by atoms with Crippen LogP contribution in [0.25, 0.3) is 0 Å². The number of benzene rings is 2. The maximum absolute atomic E-state index is 13.1. The molecule has 150 valence electrons. The molecule has 1 fully saturated rings. The van der Waals surface area contributed by atoms with Gasteiger partial charge in [0.15, 0.2) is 0 Å². The fraction of sp³-hybridized carbons (Fsp3) is 0.478. The Morgan fingerprint density at radius 2 is 1.79 bits per heavy atom. The van der Waals surface area contributed by atoms with Crippen molar-refractivity contribution in [2.75, 3.05) is 44.2 Å². The molecule has 1 N–H and O–H groups in total. The maximum atomic E-state index is 13.1. The van der Waals surface area contributed by atoms with E-state index in [2.05, 4.69) is 34.1 Å². The summed E-state index contributed by atoms with van der Waals surface area (Å²) in [5.41, 5.74) is 3.72. The molecule has 1 heterocycles. The molecule has 0 bridgehead atoms. The monoisotopic (exact) mass is 384 g/mol. The topological polar surface area (TPSA) is 35.9 Å². The first-order valence-electron chi connectivity index (χ1n) is 10.3. The lowest BCUT2D eigenvalue weighted by atomic mass is 9.89. The van der Waals surface area contributed by atoms with Gasteiger partial charge in [-0.05, 0) is 54.7 Å². The molecule has 5 heteroatoms. The van der Waals surface area contributed by atoms with Gasteiger partial charge in [-0.3, -0.25) is 4.90 Å². The molecular weight excluding hydrogens is 355 g/mol. The quantitative estimate of drug-likeness (QED) is 0.828. The SMILES string of the molecule is O[C@@H](CO[C@H]1CCCc2ccccc21)CN1CCN(c2ccc(F)cc2)CC1. The van der Waals surface area contributed by atoms with E-state index in [9.17, 15) is 9.50 Å². The number of anilines is 1. The molecule has 1 aliphatic heterocycles. The molecule has 4 nitrogen and oxygen atoms in total. The van der Waals surface area contributed by atoms with Crippen molar-refractivity contribution in [3.05, 3.63) is 65.5 Å². The summed E-state index contributed by atoms with van der Waals surface area (Å²) in [7, 11) is 0. The first-order chi connectivity index (χ1) is 13.7. The highest BCUT2D eigenvalue weighted by molar-refractivity contribution is 5.46.